The van der Waals surface area contributed by atoms with Crippen molar-refractivity contribution in [2.24, 2.45) is 7.05 Å². The van der Waals surface area contributed by atoms with Gasteiger partial charge in [0, 0.05) is 12.6 Å². The van der Waals surface area contributed by atoms with Gasteiger partial charge >= 0.3 is 0 Å². The molecule has 0 spiro atoms. The van der Waals surface area contributed by atoms with Crippen molar-refractivity contribution < 1.29 is 4.74 Å². The van der Waals surface area contributed by atoms with E-state index in [-0.39, 0.29) is 0 Å². The highest BCUT2D eigenvalue weighted by Crippen LogP contribution is 2.27. The van der Waals surface area contributed by atoms with Gasteiger partial charge < -0.3 is 9.30 Å². The minimum Gasteiger partial charge on any atom is -0.497 e. The van der Waals surface area contributed by atoms with Gasteiger partial charge in [0.1, 0.15) is 16.2 Å². The van der Waals surface area contributed by atoms with Gasteiger partial charge in [0.15, 0.2) is 0 Å². The first-order chi connectivity index (χ1) is 8.67. The standard InChI is InChI=1S/C13H12BrN3O/c1-17-12(14)11(6-7-15)16-13(17)9-4-3-5-10(8-9)18-2/h3-5,8H,6H2,1-2H3. The summed E-state index contributed by atoms with van der Waals surface area (Å²) in [7, 11) is 3.54. The second-order valence-corrected chi connectivity index (χ2v) is 4.55. The average molecular weight is 306 g/mol. The van der Waals surface area contributed by atoms with Crippen LogP contribution in [0.15, 0.2) is 28.9 Å². The van der Waals surface area contributed by atoms with Crippen LogP contribution >= 0.6 is 15.9 Å². The van der Waals surface area contributed by atoms with E-state index in [0.717, 1.165) is 27.4 Å². The molecule has 0 unspecified atom stereocenters. The van der Waals surface area contributed by atoms with Crippen LogP contribution in [0.4, 0.5) is 0 Å². The molecule has 4 nitrogen and oxygen atoms in total. The number of methoxy groups -OCH3 is 1. The number of rotatable bonds is 3. The normalized spacial score (nSPS) is 10.1. The van der Waals surface area contributed by atoms with Crippen LogP contribution < -0.4 is 4.74 Å². The molecule has 2 rings (SSSR count). The van der Waals surface area contributed by atoms with E-state index in [0.29, 0.717) is 6.42 Å². The summed E-state index contributed by atoms with van der Waals surface area (Å²) >= 11 is 3.45. The van der Waals surface area contributed by atoms with Crippen LogP contribution in [0.3, 0.4) is 0 Å². The van der Waals surface area contributed by atoms with E-state index in [4.69, 9.17) is 10.00 Å². The van der Waals surface area contributed by atoms with Gasteiger partial charge in [-0.2, -0.15) is 5.26 Å². The maximum Gasteiger partial charge on any atom is 0.141 e. The monoisotopic (exact) mass is 305 g/mol. The molecular weight excluding hydrogens is 294 g/mol. The van der Waals surface area contributed by atoms with Crippen LogP contribution in [0.1, 0.15) is 5.69 Å². The van der Waals surface area contributed by atoms with Crippen LogP contribution in [0, 0.1) is 11.3 Å². The van der Waals surface area contributed by atoms with E-state index < -0.39 is 0 Å². The number of nitriles is 1. The molecule has 18 heavy (non-hydrogen) atoms. The zero-order valence-electron chi connectivity index (χ0n) is 10.1. The molecule has 0 radical (unpaired) electrons. The zero-order valence-corrected chi connectivity index (χ0v) is 11.7. The summed E-state index contributed by atoms with van der Waals surface area (Å²) in [5.74, 6) is 1.60. The molecule has 1 aromatic heterocycles. The van der Waals surface area contributed by atoms with Gasteiger partial charge in [-0.1, -0.05) is 12.1 Å². The summed E-state index contributed by atoms with van der Waals surface area (Å²) in [6.07, 6.45) is 0.290. The lowest BCUT2D eigenvalue weighted by Gasteiger charge is -2.04. The van der Waals surface area contributed by atoms with E-state index in [9.17, 15) is 0 Å². The van der Waals surface area contributed by atoms with E-state index in [2.05, 4.69) is 27.0 Å². The zero-order chi connectivity index (χ0) is 13.1. The SMILES string of the molecule is COc1cccc(-c2nc(CC#N)c(Br)n2C)c1. The minimum atomic E-state index is 0.290. The van der Waals surface area contributed by atoms with Crippen LogP contribution in [0.2, 0.25) is 0 Å². The van der Waals surface area contributed by atoms with Crippen molar-refractivity contribution in [2.45, 2.75) is 6.42 Å². The predicted molar refractivity (Wildman–Crippen MR) is 72.2 cm³/mol. The molecule has 1 heterocycles. The van der Waals surface area contributed by atoms with Gasteiger partial charge in [-0.05, 0) is 28.1 Å². The van der Waals surface area contributed by atoms with Crippen molar-refractivity contribution in [3.63, 3.8) is 0 Å². The second-order valence-electron chi connectivity index (χ2n) is 3.80. The third-order valence-electron chi connectivity index (χ3n) is 2.67. The van der Waals surface area contributed by atoms with E-state index in [1.165, 1.54) is 0 Å². The van der Waals surface area contributed by atoms with Crippen molar-refractivity contribution in [3.05, 3.63) is 34.6 Å². The van der Waals surface area contributed by atoms with Crippen molar-refractivity contribution >= 4 is 15.9 Å². The summed E-state index contributed by atoms with van der Waals surface area (Å²) in [6.45, 7) is 0. The lowest BCUT2D eigenvalue weighted by molar-refractivity contribution is 0.415. The maximum atomic E-state index is 8.76. The van der Waals surface area contributed by atoms with E-state index in [1.807, 2.05) is 35.9 Å². The highest BCUT2D eigenvalue weighted by atomic mass is 79.9. The topological polar surface area (TPSA) is 50.8 Å². The highest BCUT2D eigenvalue weighted by molar-refractivity contribution is 9.10. The number of halogens is 1. The molecule has 5 heteroatoms. The molecule has 0 N–H and O–H groups in total. The molecule has 2 aromatic rings. The van der Waals surface area contributed by atoms with Crippen molar-refractivity contribution in [1.29, 1.82) is 5.26 Å². The molecule has 0 fully saturated rings. The smallest absolute Gasteiger partial charge is 0.141 e. The van der Waals surface area contributed by atoms with E-state index in [1.54, 1.807) is 7.11 Å². The lowest BCUT2D eigenvalue weighted by atomic mass is 10.2. The van der Waals surface area contributed by atoms with E-state index >= 15 is 0 Å². The first-order valence-corrected chi connectivity index (χ1v) is 6.19. The second kappa shape index (κ2) is 5.23. The van der Waals surface area contributed by atoms with Gasteiger partial charge in [-0.15, -0.1) is 0 Å². The summed E-state index contributed by atoms with van der Waals surface area (Å²) in [5, 5.41) is 8.76. The van der Waals surface area contributed by atoms with Crippen molar-refractivity contribution in [1.82, 2.24) is 9.55 Å². The third kappa shape index (κ3) is 2.24. The van der Waals surface area contributed by atoms with Crippen LogP contribution in [-0.4, -0.2) is 16.7 Å². The Balaban J connectivity index is 2.50. The van der Waals surface area contributed by atoms with Gasteiger partial charge in [-0.25, -0.2) is 4.98 Å². The summed E-state index contributed by atoms with van der Waals surface area (Å²) in [6, 6.07) is 9.80. The fraction of sp³-hybridized carbons (Fsp3) is 0.231. The first kappa shape index (κ1) is 12.7. The third-order valence-corrected chi connectivity index (χ3v) is 3.66. The molecular formula is C13H12BrN3O. The number of aromatic nitrogens is 2. The Morgan fingerprint density at radius 3 is 2.94 bits per heavy atom. The Labute approximate surface area is 114 Å². The summed E-state index contributed by atoms with van der Waals surface area (Å²) < 4.78 is 7.95. The van der Waals surface area contributed by atoms with Crippen LogP contribution in [0.25, 0.3) is 11.4 Å². The fourth-order valence-electron chi connectivity index (χ4n) is 1.74. The molecule has 1 aromatic carbocycles. The molecule has 0 atom stereocenters. The Morgan fingerprint density at radius 1 is 1.50 bits per heavy atom. The molecule has 0 aliphatic heterocycles. The fourth-order valence-corrected chi connectivity index (χ4v) is 2.14. The van der Waals surface area contributed by atoms with Crippen molar-refractivity contribution in [2.75, 3.05) is 7.11 Å². The molecule has 92 valence electrons. The number of imidazole rings is 1. The average Bonchev–Trinajstić information content (AvgIpc) is 2.68. The van der Waals surface area contributed by atoms with Gasteiger partial charge in [0.25, 0.3) is 0 Å². The number of hydrogen-bond acceptors (Lipinski definition) is 3. The maximum absolute atomic E-state index is 8.76. The Morgan fingerprint density at radius 2 is 2.28 bits per heavy atom. The Kier molecular flexibility index (Phi) is 3.68. The lowest BCUT2D eigenvalue weighted by Crippen LogP contribution is -1.93. The number of ether oxygens (including phenoxy) is 1. The molecule has 0 saturated heterocycles. The first-order valence-electron chi connectivity index (χ1n) is 5.40. The predicted octanol–water partition coefficient (Wildman–Crippen LogP) is 2.92. The number of nitrogens with zero attached hydrogens (tertiary/aromatic N) is 3. The van der Waals surface area contributed by atoms with Gasteiger partial charge in [-0.3, -0.25) is 0 Å². The van der Waals surface area contributed by atoms with Gasteiger partial charge in [0.05, 0.1) is 25.3 Å². The highest BCUT2D eigenvalue weighted by Gasteiger charge is 2.13. The molecule has 0 bridgehead atoms. The summed E-state index contributed by atoms with van der Waals surface area (Å²) in [4.78, 5) is 4.48. The summed E-state index contributed by atoms with van der Waals surface area (Å²) in [5.41, 5.74) is 1.71. The molecule has 0 aliphatic carbocycles. The van der Waals surface area contributed by atoms with Gasteiger partial charge in [0.2, 0.25) is 0 Å². The van der Waals surface area contributed by atoms with Crippen LogP contribution in [-0.2, 0) is 13.5 Å². The minimum absolute atomic E-state index is 0.290. The quantitative estimate of drug-likeness (QED) is 0.876. The largest absolute Gasteiger partial charge is 0.497 e. The molecule has 0 aliphatic rings. The Hall–Kier alpha value is -1.80. The number of hydrogen-bond donors (Lipinski definition) is 0. The van der Waals surface area contributed by atoms with Crippen LogP contribution in [0.5, 0.6) is 5.75 Å². The Bertz CT molecular complexity index is 613. The number of benzene rings is 1. The molecule has 0 amide bonds. The van der Waals surface area contributed by atoms with Crippen molar-refractivity contribution in [3.8, 4) is 23.2 Å². The molecule has 0 saturated carbocycles.